The SMILES string of the molecule is COc1ccc(Cl)c(NC(=O)c2cccc(F)c2Br)c1. The van der Waals surface area contributed by atoms with Gasteiger partial charge < -0.3 is 10.1 Å². The van der Waals surface area contributed by atoms with Crippen molar-refractivity contribution >= 4 is 39.1 Å². The summed E-state index contributed by atoms with van der Waals surface area (Å²) in [5.74, 6) is -0.413. The minimum absolute atomic E-state index is 0.108. The molecule has 0 heterocycles. The standard InChI is InChI=1S/C14H10BrClFNO2/c1-20-8-5-6-10(16)12(7-8)18-14(19)9-3-2-4-11(17)13(9)15/h2-7H,1H3,(H,18,19). The maximum atomic E-state index is 13.4. The molecule has 2 aromatic carbocycles. The van der Waals surface area contributed by atoms with E-state index in [-0.39, 0.29) is 10.0 Å². The summed E-state index contributed by atoms with van der Waals surface area (Å²) >= 11 is 9.05. The second-order valence-corrected chi connectivity index (χ2v) is 5.10. The minimum Gasteiger partial charge on any atom is -0.497 e. The van der Waals surface area contributed by atoms with E-state index in [1.807, 2.05) is 0 Å². The summed E-state index contributed by atoms with van der Waals surface area (Å²) in [6, 6.07) is 9.11. The Morgan fingerprint density at radius 3 is 2.80 bits per heavy atom. The maximum absolute atomic E-state index is 13.4. The van der Waals surface area contributed by atoms with E-state index < -0.39 is 11.7 Å². The van der Waals surface area contributed by atoms with Crippen molar-refractivity contribution in [1.29, 1.82) is 0 Å². The maximum Gasteiger partial charge on any atom is 0.256 e. The van der Waals surface area contributed by atoms with E-state index in [1.165, 1.54) is 25.3 Å². The monoisotopic (exact) mass is 357 g/mol. The van der Waals surface area contributed by atoms with Gasteiger partial charge in [0.15, 0.2) is 0 Å². The molecule has 1 N–H and O–H groups in total. The zero-order valence-electron chi connectivity index (χ0n) is 10.4. The smallest absolute Gasteiger partial charge is 0.256 e. The average Bonchev–Trinajstić information content (AvgIpc) is 2.44. The number of benzene rings is 2. The Labute approximate surface area is 128 Å². The van der Waals surface area contributed by atoms with Crippen LogP contribution in [0.1, 0.15) is 10.4 Å². The molecule has 0 aliphatic rings. The molecule has 2 aromatic rings. The van der Waals surface area contributed by atoms with Crippen molar-refractivity contribution in [3.8, 4) is 5.75 Å². The second kappa shape index (κ2) is 6.24. The lowest BCUT2D eigenvalue weighted by molar-refractivity contribution is 0.102. The zero-order valence-corrected chi connectivity index (χ0v) is 12.8. The van der Waals surface area contributed by atoms with Gasteiger partial charge in [-0.3, -0.25) is 4.79 Å². The van der Waals surface area contributed by atoms with E-state index in [4.69, 9.17) is 16.3 Å². The van der Waals surface area contributed by atoms with Crippen LogP contribution in [0.5, 0.6) is 5.75 Å². The average molecular weight is 359 g/mol. The first-order valence-electron chi connectivity index (χ1n) is 5.62. The molecular formula is C14H10BrClFNO2. The molecule has 0 aromatic heterocycles. The molecule has 3 nitrogen and oxygen atoms in total. The fourth-order valence-corrected chi connectivity index (χ4v) is 2.21. The molecule has 104 valence electrons. The highest BCUT2D eigenvalue weighted by Crippen LogP contribution is 2.28. The van der Waals surface area contributed by atoms with Crippen LogP contribution in [0.15, 0.2) is 40.9 Å². The number of carbonyl (C=O) groups excluding carboxylic acids is 1. The minimum atomic E-state index is -0.505. The topological polar surface area (TPSA) is 38.3 Å². The fraction of sp³-hybridized carbons (Fsp3) is 0.0714. The molecule has 0 atom stereocenters. The Morgan fingerprint density at radius 1 is 1.35 bits per heavy atom. The Balaban J connectivity index is 2.30. The number of carbonyl (C=O) groups is 1. The van der Waals surface area contributed by atoms with Crippen molar-refractivity contribution < 1.29 is 13.9 Å². The van der Waals surface area contributed by atoms with Crippen LogP contribution >= 0.6 is 27.5 Å². The van der Waals surface area contributed by atoms with Crippen LogP contribution in [-0.2, 0) is 0 Å². The zero-order chi connectivity index (χ0) is 14.7. The van der Waals surface area contributed by atoms with Gasteiger partial charge in [0.2, 0.25) is 0 Å². The highest BCUT2D eigenvalue weighted by Gasteiger charge is 2.14. The lowest BCUT2D eigenvalue weighted by atomic mass is 10.2. The molecule has 6 heteroatoms. The highest BCUT2D eigenvalue weighted by atomic mass is 79.9. The predicted octanol–water partition coefficient (Wildman–Crippen LogP) is 4.50. The van der Waals surface area contributed by atoms with Crippen LogP contribution in [0.3, 0.4) is 0 Å². The molecule has 0 fully saturated rings. The number of halogens is 3. The highest BCUT2D eigenvalue weighted by molar-refractivity contribution is 9.10. The van der Waals surface area contributed by atoms with E-state index in [0.717, 1.165) is 0 Å². The largest absolute Gasteiger partial charge is 0.497 e. The summed E-state index contributed by atoms with van der Waals surface area (Å²) in [6.45, 7) is 0. The third-order valence-corrected chi connectivity index (χ3v) is 3.75. The first-order chi connectivity index (χ1) is 9.52. The van der Waals surface area contributed by atoms with Gasteiger partial charge in [-0.25, -0.2) is 4.39 Å². The summed E-state index contributed by atoms with van der Waals surface area (Å²) in [5.41, 5.74) is 0.580. The van der Waals surface area contributed by atoms with Gasteiger partial charge in [0.1, 0.15) is 11.6 Å². The number of rotatable bonds is 3. The summed E-state index contributed by atoms with van der Waals surface area (Å²) < 4.78 is 18.6. The van der Waals surface area contributed by atoms with Gasteiger partial charge in [0.25, 0.3) is 5.91 Å². The molecule has 2 rings (SSSR count). The van der Waals surface area contributed by atoms with Gasteiger partial charge in [-0.2, -0.15) is 0 Å². The van der Waals surface area contributed by atoms with Gasteiger partial charge in [0, 0.05) is 6.07 Å². The van der Waals surface area contributed by atoms with Crippen molar-refractivity contribution in [2.45, 2.75) is 0 Å². The molecule has 0 radical (unpaired) electrons. The van der Waals surface area contributed by atoms with E-state index >= 15 is 0 Å². The van der Waals surface area contributed by atoms with Crippen molar-refractivity contribution in [3.63, 3.8) is 0 Å². The number of nitrogens with one attached hydrogen (secondary N) is 1. The molecule has 0 bridgehead atoms. The number of methoxy groups -OCH3 is 1. The normalized spacial score (nSPS) is 10.2. The van der Waals surface area contributed by atoms with Crippen LogP contribution in [0.25, 0.3) is 0 Å². The van der Waals surface area contributed by atoms with Crippen molar-refractivity contribution in [3.05, 3.63) is 57.3 Å². The summed E-state index contributed by atoms with van der Waals surface area (Å²) in [7, 11) is 1.51. The molecular weight excluding hydrogens is 349 g/mol. The van der Waals surface area contributed by atoms with E-state index in [9.17, 15) is 9.18 Å². The van der Waals surface area contributed by atoms with Gasteiger partial charge in [0.05, 0.1) is 27.9 Å². The molecule has 0 unspecified atom stereocenters. The molecule has 0 aliphatic carbocycles. The second-order valence-electron chi connectivity index (χ2n) is 3.90. The predicted molar refractivity (Wildman–Crippen MR) is 80.1 cm³/mol. The van der Waals surface area contributed by atoms with Crippen LogP contribution in [-0.4, -0.2) is 13.0 Å². The van der Waals surface area contributed by atoms with Crippen LogP contribution in [0.2, 0.25) is 5.02 Å². The quantitative estimate of drug-likeness (QED) is 0.877. The summed E-state index contributed by atoms with van der Waals surface area (Å²) in [5, 5.41) is 2.99. The first kappa shape index (κ1) is 14.8. The molecule has 1 amide bonds. The molecule has 0 saturated heterocycles. The molecule has 0 saturated carbocycles. The van der Waals surface area contributed by atoms with E-state index in [2.05, 4.69) is 21.2 Å². The Hall–Kier alpha value is -1.59. The lowest BCUT2D eigenvalue weighted by Crippen LogP contribution is -2.13. The number of hydrogen-bond donors (Lipinski definition) is 1. The van der Waals surface area contributed by atoms with Gasteiger partial charge in [-0.05, 0) is 40.2 Å². The Bertz CT molecular complexity index is 664. The Morgan fingerprint density at radius 2 is 2.10 bits per heavy atom. The lowest BCUT2D eigenvalue weighted by Gasteiger charge is -2.10. The molecule has 20 heavy (non-hydrogen) atoms. The number of amides is 1. The third kappa shape index (κ3) is 3.11. The Kier molecular flexibility index (Phi) is 4.62. The summed E-state index contributed by atoms with van der Waals surface area (Å²) in [6.07, 6.45) is 0. The molecule has 0 spiro atoms. The number of anilines is 1. The van der Waals surface area contributed by atoms with Gasteiger partial charge in [-0.1, -0.05) is 17.7 Å². The summed E-state index contributed by atoms with van der Waals surface area (Å²) in [4.78, 5) is 12.1. The molecule has 0 aliphatic heterocycles. The van der Waals surface area contributed by atoms with Crippen LogP contribution in [0, 0.1) is 5.82 Å². The van der Waals surface area contributed by atoms with Gasteiger partial charge >= 0.3 is 0 Å². The van der Waals surface area contributed by atoms with Gasteiger partial charge in [-0.15, -0.1) is 0 Å². The van der Waals surface area contributed by atoms with Crippen molar-refractivity contribution in [1.82, 2.24) is 0 Å². The van der Waals surface area contributed by atoms with E-state index in [1.54, 1.807) is 18.2 Å². The van der Waals surface area contributed by atoms with E-state index in [0.29, 0.717) is 16.5 Å². The number of ether oxygens (including phenoxy) is 1. The number of hydrogen-bond acceptors (Lipinski definition) is 2. The fourth-order valence-electron chi connectivity index (χ4n) is 1.60. The third-order valence-electron chi connectivity index (χ3n) is 2.62. The first-order valence-corrected chi connectivity index (χ1v) is 6.79. The van der Waals surface area contributed by atoms with Crippen molar-refractivity contribution in [2.24, 2.45) is 0 Å². The van der Waals surface area contributed by atoms with Crippen LogP contribution < -0.4 is 10.1 Å². The van der Waals surface area contributed by atoms with Crippen LogP contribution in [0.4, 0.5) is 10.1 Å². The van der Waals surface area contributed by atoms with Crippen molar-refractivity contribution in [2.75, 3.05) is 12.4 Å².